The topological polar surface area (TPSA) is 96.6 Å². The zero-order valence-corrected chi connectivity index (χ0v) is 17.5. The van der Waals surface area contributed by atoms with Crippen molar-refractivity contribution in [1.82, 2.24) is 14.6 Å². The van der Waals surface area contributed by atoms with Gasteiger partial charge in [0.15, 0.2) is 5.65 Å². The first-order valence-corrected chi connectivity index (χ1v) is 9.98. The zero-order valence-electron chi connectivity index (χ0n) is 17.5. The number of carboxylic acid groups (broad SMARTS) is 1. The molecule has 7 nitrogen and oxygen atoms in total. The number of anilines is 1. The van der Waals surface area contributed by atoms with Gasteiger partial charge in [0, 0.05) is 23.0 Å². The summed E-state index contributed by atoms with van der Waals surface area (Å²) in [7, 11) is 0. The monoisotopic (exact) mass is 472 g/mol. The Morgan fingerprint density at radius 1 is 1.12 bits per heavy atom. The third-order valence-electron chi connectivity index (χ3n) is 5.09. The van der Waals surface area contributed by atoms with E-state index in [0.717, 1.165) is 24.3 Å². The van der Waals surface area contributed by atoms with Crippen molar-refractivity contribution in [3.63, 3.8) is 0 Å². The zero-order chi connectivity index (χ0) is 24.6. The van der Waals surface area contributed by atoms with Crippen molar-refractivity contribution in [3.05, 3.63) is 82.9 Å². The molecule has 0 saturated heterocycles. The van der Waals surface area contributed by atoms with Crippen molar-refractivity contribution < 1.29 is 32.3 Å². The summed E-state index contributed by atoms with van der Waals surface area (Å²) < 4.78 is 54.8. The molecule has 2 heterocycles. The van der Waals surface area contributed by atoms with Crippen LogP contribution in [0.4, 0.5) is 23.2 Å². The van der Waals surface area contributed by atoms with Gasteiger partial charge < -0.3 is 10.4 Å². The number of aryl methyl sites for hydroxylation is 1. The van der Waals surface area contributed by atoms with Gasteiger partial charge in [-0.15, -0.1) is 0 Å². The fourth-order valence-corrected chi connectivity index (χ4v) is 3.50. The van der Waals surface area contributed by atoms with Crippen molar-refractivity contribution in [1.29, 1.82) is 0 Å². The summed E-state index contributed by atoms with van der Waals surface area (Å²) in [5, 5.41) is 16.2. The van der Waals surface area contributed by atoms with Gasteiger partial charge >= 0.3 is 12.1 Å². The van der Waals surface area contributed by atoms with E-state index in [1.165, 1.54) is 35.0 Å². The van der Waals surface area contributed by atoms with Crippen LogP contribution in [0.3, 0.4) is 0 Å². The van der Waals surface area contributed by atoms with Gasteiger partial charge in [-0.1, -0.05) is 13.0 Å². The average Bonchev–Trinajstić information content (AvgIpc) is 3.19. The molecule has 0 spiro atoms. The van der Waals surface area contributed by atoms with Crippen LogP contribution < -0.4 is 5.32 Å². The van der Waals surface area contributed by atoms with Crippen LogP contribution in [0.2, 0.25) is 0 Å². The molecular formula is C23H16F4N4O3. The van der Waals surface area contributed by atoms with Gasteiger partial charge in [-0.25, -0.2) is 18.7 Å². The quantitative estimate of drug-likeness (QED) is 0.396. The Morgan fingerprint density at radius 3 is 2.56 bits per heavy atom. The van der Waals surface area contributed by atoms with Crippen molar-refractivity contribution in [2.24, 2.45) is 0 Å². The Balaban J connectivity index is 1.74. The first kappa shape index (κ1) is 22.9. The van der Waals surface area contributed by atoms with Crippen molar-refractivity contribution in [3.8, 4) is 11.3 Å². The van der Waals surface area contributed by atoms with Gasteiger partial charge in [0.05, 0.1) is 17.0 Å². The van der Waals surface area contributed by atoms with Crippen LogP contribution in [0, 0.1) is 5.82 Å². The molecule has 0 radical (unpaired) electrons. The minimum Gasteiger partial charge on any atom is -0.477 e. The van der Waals surface area contributed by atoms with E-state index in [9.17, 15) is 32.3 Å². The van der Waals surface area contributed by atoms with Gasteiger partial charge in [-0.3, -0.25) is 4.79 Å². The summed E-state index contributed by atoms with van der Waals surface area (Å²) >= 11 is 0. The van der Waals surface area contributed by atoms with E-state index >= 15 is 0 Å². The van der Waals surface area contributed by atoms with Crippen molar-refractivity contribution >= 4 is 23.2 Å². The lowest BCUT2D eigenvalue weighted by Crippen LogP contribution is -2.14. The number of carboxylic acids is 1. The van der Waals surface area contributed by atoms with Gasteiger partial charge in [0.2, 0.25) is 0 Å². The summed E-state index contributed by atoms with van der Waals surface area (Å²) in [6.07, 6.45) is -2.99. The molecule has 4 rings (SSSR count). The van der Waals surface area contributed by atoms with Crippen molar-refractivity contribution in [2.75, 3.05) is 5.32 Å². The molecule has 0 bridgehead atoms. The number of halogens is 4. The molecule has 0 aliphatic heterocycles. The molecule has 0 aliphatic rings. The lowest BCUT2D eigenvalue weighted by molar-refractivity contribution is -0.137. The molecule has 4 aromatic rings. The Morgan fingerprint density at radius 2 is 1.88 bits per heavy atom. The van der Waals surface area contributed by atoms with Crippen LogP contribution >= 0.6 is 0 Å². The number of benzene rings is 2. The van der Waals surface area contributed by atoms with Crippen LogP contribution in [0.5, 0.6) is 0 Å². The van der Waals surface area contributed by atoms with Crippen LogP contribution in [-0.2, 0) is 12.6 Å². The Labute approximate surface area is 189 Å². The van der Waals surface area contributed by atoms with Gasteiger partial charge in [0.25, 0.3) is 5.91 Å². The molecule has 2 aromatic carbocycles. The number of aromatic carboxylic acids is 1. The number of carbonyl (C=O) groups is 2. The molecule has 1 amide bonds. The second kappa shape index (κ2) is 8.58. The molecule has 11 heteroatoms. The van der Waals surface area contributed by atoms with E-state index in [-0.39, 0.29) is 39.4 Å². The Hall–Kier alpha value is -4.28. The number of fused-ring (bicyclic) bond motifs is 1. The molecule has 0 unspecified atom stereocenters. The third kappa shape index (κ3) is 4.19. The number of nitrogens with one attached hydrogen (secondary N) is 1. The standard InChI is InChI=1S/C23H16F4N4O3/c1-2-17-19(22(33)34)20-28-9-8-18(31(20)30-17)15-11-14(6-7-16(15)24)29-21(32)12-4-3-5-13(10-12)23(25,26)27/h3-11H,2H2,1H3,(H,29,32)(H,33,34). The number of aromatic nitrogens is 3. The van der Waals surface area contributed by atoms with E-state index in [2.05, 4.69) is 15.4 Å². The average molecular weight is 472 g/mol. The maximum atomic E-state index is 14.8. The number of carbonyl (C=O) groups excluding carboxylic acids is 1. The predicted octanol–water partition coefficient (Wildman–Crippen LogP) is 5.07. The SMILES string of the molecule is CCc1nn2c(-c3cc(NC(=O)c4cccc(C(F)(F)F)c4)ccc3F)ccnc2c1C(=O)O. The number of amides is 1. The van der Waals surface area contributed by atoms with Crippen LogP contribution in [0.15, 0.2) is 54.7 Å². The first-order chi connectivity index (χ1) is 16.1. The molecule has 34 heavy (non-hydrogen) atoms. The Bertz CT molecular complexity index is 1430. The van der Waals surface area contributed by atoms with Crippen LogP contribution in [0.1, 0.15) is 38.9 Å². The number of rotatable bonds is 5. The summed E-state index contributed by atoms with van der Waals surface area (Å²) in [6.45, 7) is 1.72. The fraction of sp³-hybridized carbons (Fsp3) is 0.130. The van der Waals surface area contributed by atoms with Crippen LogP contribution in [0.25, 0.3) is 16.9 Å². The molecule has 174 valence electrons. The second-order valence-corrected chi connectivity index (χ2v) is 7.27. The second-order valence-electron chi connectivity index (χ2n) is 7.27. The molecule has 0 aliphatic carbocycles. The lowest BCUT2D eigenvalue weighted by Gasteiger charge is -2.11. The highest BCUT2D eigenvalue weighted by Gasteiger charge is 2.31. The predicted molar refractivity (Wildman–Crippen MR) is 114 cm³/mol. The van der Waals surface area contributed by atoms with Gasteiger partial charge in [-0.05, 0) is 48.9 Å². The van der Waals surface area contributed by atoms with Crippen LogP contribution in [-0.4, -0.2) is 31.6 Å². The number of hydrogen-bond donors (Lipinski definition) is 2. The maximum absolute atomic E-state index is 14.8. The largest absolute Gasteiger partial charge is 0.477 e. The summed E-state index contributed by atoms with van der Waals surface area (Å²) in [6, 6.07) is 8.95. The van der Waals surface area contributed by atoms with E-state index in [4.69, 9.17) is 0 Å². The minimum absolute atomic E-state index is 0.0173. The first-order valence-electron chi connectivity index (χ1n) is 9.98. The highest BCUT2D eigenvalue weighted by molar-refractivity contribution is 6.04. The van der Waals surface area contributed by atoms with Crippen molar-refractivity contribution in [2.45, 2.75) is 19.5 Å². The number of hydrogen-bond acceptors (Lipinski definition) is 4. The molecular weight excluding hydrogens is 456 g/mol. The lowest BCUT2D eigenvalue weighted by atomic mass is 10.1. The summed E-state index contributed by atoms with van der Waals surface area (Å²) in [5.74, 6) is -2.72. The maximum Gasteiger partial charge on any atom is 0.416 e. The number of nitrogens with zero attached hydrogens (tertiary/aromatic N) is 3. The minimum atomic E-state index is -4.61. The Kier molecular flexibility index (Phi) is 5.78. The van der Waals surface area contributed by atoms with E-state index in [0.29, 0.717) is 6.42 Å². The molecule has 0 atom stereocenters. The highest BCUT2D eigenvalue weighted by atomic mass is 19.4. The normalized spacial score (nSPS) is 11.6. The molecule has 2 N–H and O–H groups in total. The van der Waals surface area contributed by atoms with E-state index in [1.54, 1.807) is 6.92 Å². The summed E-state index contributed by atoms with van der Waals surface area (Å²) in [4.78, 5) is 28.3. The van der Waals surface area contributed by atoms with Gasteiger partial charge in [0.1, 0.15) is 11.4 Å². The highest BCUT2D eigenvalue weighted by Crippen LogP contribution is 2.31. The van der Waals surface area contributed by atoms with E-state index < -0.39 is 29.4 Å². The van der Waals surface area contributed by atoms with Gasteiger partial charge in [-0.2, -0.15) is 18.3 Å². The fourth-order valence-electron chi connectivity index (χ4n) is 3.50. The van der Waals surface area contributed by atoms with E-state index in [1.807, 2.05) is 0 Å². The third-order valence-corrected chi connectivity index (χ3v) is 5.09. The summed E-state index contributed by atoms with van der Waals surface area (Å²) in [5.41, 5.74) is -0.724. The molecule has 0 fully saturated rings. The molecule has 2 aromatic heterocycles. The molecule has 0 saturated carbocycles. The number of alkyl halides is 3. The smallest absolute Gasteiger partial charge is 0.416 e.